The van der Waals surface area contributed by atoms with E-state index in [2.05, 4.69) is 5.10 Å². The Morgan fingerprint density at radius 3 is 2.88 bits per heavy atom. The molecule has 0 aromatic carbocycles. The van der Waals surface area contributed by atoms with Gasteiger partial charge in [0.15, 0.2) is 0 Å². The summed E-state index contributed by atoms with van der Waals surface area (Å²) in [5, 5.41) is 6.16. The van der Waals surface area contributed by atoms with Crippen LogP contribution in [0.2, 0.25) is 0 Å². The van der Waals surface area contributed by atoms with Gasteiger partial charge < -0.3 is 9.64 Å². The molecule has 3 heterocycles. The molecule has 0 N–H and O–H groups in total. The SMILES string of the molecule is Cc1ccsc1COC(=O)C1CCC(=O)N(C)C1c1cnn(C)c1. The molecule has 0 spiro atoms. The van der Waals surface area contributed by atoms with Crippen molar-refractivity contribution in [2.24, 2.45) is 13.0 Å². The maximum atomic E-state index is 12.7. The third-order valence-corrected chi connectivity index (χ3v) is 5.54. The molecule has 1 saturated heterocycles. The molecule has 0 bridgehead atoms. The first kappa shape index (κ1) is 16.7. The van der Waals surface area contributed by atoms with Crippen LogP contribution in [-0.4, -0.2) is 33.6 Å². The molecule has 2 atom stereocenters. The van der Waals surface area contributed by atoms with Gasteiger partial charge in [0, 0.05) is 37.2 Å². The number of ether oxygens (including phenoxy) is 1. The second-order valence-electron chi connectivity index (χ2n) is 6.18. The molecule has 2 aromatic rings. The standard InChI is InChI=1S/C17H21N3O3S/c1-11-6-7-24-14(11)10-23-17(22)13-4-5-15(21)20(3)16(13)12-8-18-19(2)9-12/h6-9,13,16H,4-5,10H2,1-3H3. The summed E-state index contributed by atoms with van der Waals surface area (Å²) in [6.45, 7) is 2.29. The normalized spacial score (nSPS) is 21.1. The highest BCUT2D eigenvalue weighted by Gasteiger charge is 2.40. The van der Waals surface area contributed by atoms with Crippen LogP contribution in [0.25, 0.3) is 0 Å². The van der Waals surface area contributed by atoms with Crippen LogP contribution in [0.5, 0.6) is 0 Å². The van der Waals surface area contributed by atoms with Crippen molar-refractivity contribution >= 4 is 23.2 Å². The quantitative estimate of drug-likeness (QED) is 0.797. The van der Waals surface area contributed by atoms with E-state index in [0.29, 0.717) is 12.8 Å². The third kappa shape index (κ3) is 3.21. The second-order valence-corrected chi connectivity index (χ2v) is 7.18. The fraction of sp³-hybridized carbons (Fsp3) is 0.471. The van der Waals surface area contributed by atoms with E-state index in [1.54, 1.807) is 34.2 Å². The van der Waals surface area contributed by atoms with Gasteiger partial charge >= 0.3 is 5.97 Å². The molecule has 3 rings (SSSR count). The predicted octanol–water partition coefficient (Wildman–Crippen LogP) is 2.44. The third-order valence-electron chi connectivity index (χ3n) is 4.54. The van der Waals surface area contributed by atoms with Crippen molar-refractivity contribution in [3.05, 3.63) is 39.8 Å². The van der Waals surface area contributed by atoms with Gasteiger partial charge in [-0.25, -0.2) is 0 Å². The number of piperidine rings is 1. The molecule has 0 saturated carbocycles. The minimum absolute atomic E-state index is 0.0435. The highest BCUT2D eigenvalue weighted by Crippen LogP contribution is 2.36. The summed E-state index contributed by atoms with van der Waals surface area (Å²) in [5.74, 6) is -0.574. The maximum absolute atomic E-state index is 12.7. The summed E-state index contributed by atoms with van der Waals surface area (Å²) in [4.78, 5) is 27.5. The van der Waals surface area contributed by atoms with Crippen molar-refractivity contribution in [2.75, 3.05) is 7.05 Å². The van der Waals surface area contributed by atoms with Gasteiger partial charge in [-0.15, -0.1) is 11.3 Å². The van der Waals surface area contributed by atoms with Gasteiger partial charge in [-0.05, 0) is 30.4 Å². The molecule has 2 aromatic heterocycles. The molecular formula is C17H21N3O3S. The Hall–Kier alpha value is -2.15. The highest BCUT2D eigenvalue weighted by molar-refractivity contribution is 7.10. The predicted molar refractivity (Wildman–Crippen MR) is 90.3 cm³/mol. The lowest BCUT2D eigenvalue weighted by atomic mass is 9.86. The van der Waals surface area contributed by atoms with Gasteiger partial charge in [0.25, 0.3) is 0 Å². The molecule has 24 heavy (non-hydrogen) atoms. The van der Waals surface area contributed by atoms with E-state index in [1.807, 2.05) is 31.6 Å². The molecule has 1 aliphatic rings. The lowest BCUT2D eigenvalue weighted by Gasteiger charge is -2.37. The monoisotopic (exact) mass is 347 g/mol. The maximum Gasteiger partial charge on any atom is 0.311 e. The summed E-state index contributed by atoms with van der Waals surface area (Å²) < 4.78 is 7.24. The van der Waals surface area contributed by atoms with E-state index < -0.39 is 0 Å². The average Bonchev–Trinajstić information content (AvgIpc) is 3.16. The van der Waals surface area contributed by atoms with Gasteiger partial charge in [0.1, 0.15) is 6.61 Å². The van der Waals surface area contributed by atoms with E-state index >= 15 is 0 Å². The van der Waals surface area contributed by atoms with Crippen molar-refractivity contribution in [2.45, 2.75) is 32.4 Å². The van der Waals surface area contributed by atoms with Gasteiger partial charge in [0.2, 0.25) is 5.91 Å². The van der Waals surface area contributed by atoms with E-state index in [1.165, 1.54) is 0 Å². The highest BCUT2D eigenvalue weighted by atomic mass is 32.1. The molecule has 6 nitrogen and oxygen atoms in total. The number of hydrogen-bond donors (Lipinski definition) is 0. The van der Waals surface area contributed by atoms with E-state index in [-0.39, 0.29) is 30.4 Å². The number of carbonyl (C=O) groups excluding carboxylic acids is 2. The van der Waals surface area contributed by atoms with E-state index in [4.69, 9.17) is 4.74 Å². The first-order valence-electron chi connectivity index (χ1n) is 7.91. The minimum atomic E-state index is -0.364. The number of aromatic nitrogens is 2. The summed E-state index contributed by atoms with van der Waals surface area (Å²) in [5.41, 5.74) is 2.00. The summed E-state index contributed by atoms with van der Waals surface area (Å²) >= 11 is 1.58. The Kier molecular flexibility index (Phi) is 4.71. The number of likely N-dealkylation sites (tertiary alicyclic amines) is 1. The Labute approximate surface area is 145 Å². The van der Waals surface area contributed by atoms with E-state index in [9.17, 15) is 9.59 Å². The van der Waals surface area contributed by atoms with Gasteiger partial charge in [0.05, 0.1) is 18.2 Å². The largest absolute Gasteiger partial charge is 0.460 e. The van der Waals surface area contributed by atoms with Crippen molar-refractivity contribution in [3.8, 4) is 0 Å². The number of amides is 1. The van der Waals surface area contributed by atoms with Crippen LogP contribution in [0.4, 0.5) is 0 Å². The van der Waals surface area contributed by atoms with Gasteiger partial charge in [-0.3, -0.25) is 14.3 Å². The van der Waals surface area contributed by atoms with Crippen molar-refractivity contribution in [3.63, 3.8) is 0 Å². The number of nitrogens with zero attached hydrogens (tertiary/aromatic N) is 3. The number of esters is 1. The second kappa shape index (κ2) is 6.76. The Bertz CT molecular complexity index is 752. The molecular weight excluding hydrogens is 326 g/mol. The number of aryl methyl sites for hydroxylation is 2. The van der Waals surface area contributed by atoms with Crippen LogP contribution < -0.4 is 0 Å². The number of hydrogen-bond acceptors (Lipinski definition) is 5. The summed E-state index contributed by atoms with van der Waals surface area (Å²) in [7, 11) is 3.56. The summed E-state index contributed by atoms with van der Waals surface area (Å²) in [6, 6.07) is 1.69. The number of rotatable bonds is 4. The Morgan fingerprint density at radius 1 is 1.46 bits per heavy atom. The number of carbonyl (C=O) groups is 2. The van der Waals surface area contributed by atoms with Crippen molar-refractivity contribution in [1.82, 2.24) is 14.7 Å². The molecule has 1 fully saturated rings. The van der Waals surface area contributed by atoms with Crippen LogP contribution in [-0.2, 0) is 28.0 Å². The first-order chi connectivity index (χ1) is 11.5. The van der Waals surface area contributed by atoms with Crippen molar-refractivity contribution < 1.29 is 14.3 Å². The molecule has 2 unspecified atom stereocenters. The zero-order chi connectivity index (χ0) is 17.3. The van der Waals surface area contributed by atoms with Crippen LogP contribution >= 0.6 is 11.3 Å². The smallest absolute Gasteiger partial charge is 0.311 e. The fourth-order valence-corrected chi connectivity index (χ4v) is 3.95. The first-order valence-corrected chi connectivity index (χ1v) is 8.79. The molecule has 7 heteroatoms. The Morgan fingerprint density at radius 2 is 2.25 bits per heavy atom. The van der Waals surface area contributed by atoms with Crippen LogP contribution in [0.1, 0.15) is 34.9 Å². The lowest BCUT2D eigenvalue weighted by Crippen LogP contribution is -2.43. The Balaban J connectivity index is 1.77. The van der Waals surface area contributed by atoms with Crippen LogP contribution in [0.15, 0.2) is 23.8 Å². The molecule has 1 aliphatic heterocycles. The minimum Gasteiger partial charge on any atom is -0.460 e. The number of thiophene rings is 1. The topological polar surface area (TPSA) is 64.4 Å². The van der Waals surface area contributed by atoms with Crippen molar-refractivity contribution in [1.29, 1.82) is 0 Å². The van der Waals surface area contributed by atoms with Gasteiger partial charge in [-0.2, -0.15) is 5.10 Å². The molecule has 0 aliphatic carbocycles. The fourth-order valence-electron chi connectivity index (χ4n) is 3.13. The molecule has 0 radical (unpaired) electrons. The zero-order valence-electron chi connectivity index (χ0n) is 14.1. The van der Waals surface area contributed by atoms with Gasteiger partial charge in [-0.1, -0.05) is 0 Å². The molecule has 1 amide bonds. The zero-order valence-corrected chi connectivity index (χ0v) is 14.9. The van der Waals surface area contributed by atoms with E-state index in [0.717, 1.165) is 16.0 Å². The average molecular weight is 347 g/mol. The summed E-state index contributed by atoms with van der Waals surface area (Å²) in [6.07, 6.45) is 4.43. The van der Waals surface area contributed by atoms with Crippen LogP contribution in [0.3, 0.4) is 0 Å². The molecule has 128 valence electrons. The lowest BCUT2D eigenvalue weighted by molar-refractivity contribution is -0.157. The van der Waals surface area contributed by atoms with Crippen LogP contribution in [0, 0.1) is 12.8 Å².